The zero-order chi connectivity index (χ0) is 17.9. The van der Waals surface area contributed by atoms with Crippen LogP contribution in [0.5, 0.6) is 0 Å². The van der Waals surface area contributed by atoms with Gasteiger partial charge in [-0.2, -0.15) is 0 Å². The Hall–Kier alpha value is -2.20. The second-order valence-corrected chi connectivity index (χ2v) is 7.80. The summed E-state index contributed by atoms with van der Waals surface area (Å²) in [6.45, 7) is 1.08. The molecule has 0 amide bonds. The molecule has 1 aliphatic rings. The number of aromatic nitrogens is 2. The van der Waals surface area contributed by atoms with Crippen LogP contribution in [0.15, 0.2) is 59.2 Å². The van der Waals surface area contributed by atoms with Crippen LogP contribution in [0.25, 0.3) is 11.3 Å². The first-order chi connectivity index (χ1) is 12.7. The number of benzene rings is 2. The summed E-state index contributed by atoms with van der Waals surface area (Å²) in [7, 11) is 0. The molecule has 1 aliphatic heterocycles. The number of fused-ring (bicyclic) bond motifs is 1. The van der Waals surface area contributed by atoms with Gasteiger partial charge in [0.15, 0.2) is 0 Å². The summed E-state index contributed by atoms with van der Waals surface area (Å²) in [5.41, 5.74) is 4.45. The lowest BCUT2D eigenvalue weighted by Crippen LogP contribution is -2.04. The summed E-state index contributed by atoms with van der Waals surface area (Å²) in [4.78, 5) is 17.0. The quantitative estimate of drug-likeness (QED) is 0.574. The smallest absolute Gasteiger partial charge is 0.137 e. The molecule has 0 saturated heterocycles. The van der Waals surface area contributed by atoms with E-state index in [2.05, 4.69) is 51.0 Å². The Bertz CT molecular complexity index is 906. The third-order valence-electron chi connectivity index (χ3n) is 4.89. The van der Waals surface area contributed by atoms with E-state index >= 15 is 0 Å². The van der Waals surface area contributed by atoms with Crippen molar-refractivity contribution in [2.45, 2.75) is 38.6 Å². The minimum absolute atomic E-state index is 0.277. The minimum atomic E-state index is 0.277. The highest BCUT2D eigenvalue weighted by molar-refractivity contribution is 9.10. The van der Waals surface area contributed by atoms with Crippen LogP contribution in [-0.2, 0) is 30.6 Å². The van der Waals surface area contributed by atoms with E-state index < -0.39 is 0 Å². The molecule has 4 heteroatoms. The van der Waals surface area contributed by atoms with Crippen LogP contribution in [0.4, 0.5) is 0 Å². The van der Waals surface area contributed by atoms with Crippen LogP contribution >= 0.6 is 15.9 Å². The van der Waals surface area contributed by atoms with E-state index in [1.807, 2.05) is 24.3 Å². The monoisotopic (exact) mass is 408 g/mol. The largest absolute Gasteiger partial charge is 0.334 e. The Morgan fingerprint density at radius 3 is 2.77 bits per heavy atom. The molecule has 132 valence electrons. The first-order valence-corrected chi connectivity index (χ1v) is 9.88. The molecule has 0 fully saturated rings. The summed E-state index contributed by atoms with van der Waals surface area (Å²) in [5, 5.41) is 0. The molecular weight excluding hydrogens is 388 g/mol. The van der Waals surface area contributed by atoms with Gasteiger partial charge < -0.3 is 4.57 Å². The van der Waals surface area contributed by atoms with Crippen molar-refractivity contribution in [1.29, 1.82) is 0 Å². The predicted molar refractivity (Wildman–Crippen MR) is 107 cm³/mol. The Labute approximate surface area is 162 Å². The van der Waals surface area contributed by atoms with Crippen molar-refractivity contribution in [3.05, 3.63) is 76.2 Å². The zero-order valence-corrected chi connectivity index (χ0v) is 16.2. The van der Waals surface area contributed by atoms with Gasteiger partial charge in [0.05, 0.1) is 5.69 Å². The number of halogens is 1. The van der Waals surface area contributed by atoms with Gasteiger partial charge in [0, 0.05) is 42.0 Å². The number of imidazole rings is 1. The van der Waals surface area contributed by atoms with Crippen molar-refractivity contribution in [1.82, 2.24) is 9.55 Å². The summed E-state index contributed by atoms with van der Waals surface area (Å²) < 4.78 is 3.29. The lowest BCUT2D eigenvalue weighted by Gasteiger charge is -2.05. The summed E-state index contributed by atoms with van der Waals surface area (Å²) in [5.74, 6) is 1.47. The van der Waals surface area contributed by atoms with Gasteiger partial charge in [-0.25, -0.2) is 4.98 Å². The lowest BCUT2D eigenvalue weighted by atomic mass is 10.0. The molecule has 3 nitrogen and oxygen atoms in total. The van der Waals surface area contributed by atoms with E-state index in [0.717, 1.165) is 40.7 Å². The number of carbonyl (C=O) groups excluding carboxylic acids is 1. The van der Waals surface area contributed by atoms with Gasteiger partial charge in [0.1, 0.15) is 11.6 Å². The maximum absolute atomic E-state index is 12.3. The van der Waals surface area contributed by atoms with E-state index in [0.29, 0.717) is 12.8 Å². The highest BCUT2D eigenvalue weighted by Crippen LogP contribution is 2.24. The van der Waals surface area contributed by atoms with Gasteiger partial charge in [-0.15, -0.1) is 0 Å². The minimum Gasteiger partial charge on any atom is -0.334 e. The second-order valence-electron chi connectivity index (χ2n) is 6.88. The molecule has 26 heavy (non-hydrogen) atoms. The van der Waals surface area contributed by atoms with Gasteiger partial charge in [-0.3, -0.25) is 4.79 Å². The van der Waals surface area contributed by atoms with Gasteiger partial charge in [-0.05, 0) is 42.2 Å². The predicted octanol–water partition coefficient (Wildman–Crippen LogP) is 5.00. The van der Waals surface area contributed by atoms with Crippen molar-refractivity contribution in [2.75, 3.05) is 0 Å². The average molecular weight is 409 g/mol. The summed E-state index contributed by atoms with van der Waals surface area (Å²) >= 11 is 3.42. The third kappa shape index (κ3) is 3.96. The number of rotatable bonds is 6. The van der Waals surface area contributed by atoms with Crippen molar-refractivity contribution in [3.8, 4) is 11.3 Å². The number of aryl methyl sites for hydroxylation is 3. The van der Waals surface area contributed by atoms with Crippen molar-refractivity contribution >= 4 is 21.7 Å². The number of Topliss-reactive ketones (excluding diaryl/α,β-unsaturated/α-hetero) is 1. The van der Waals surface area contributed by atoms with E-state index in [1.165, 1.54) is 17.8 Å². The molecular formula is C22H21BrN2O. The van der Waals surface area contributed by atoms with Gasteiger partial charge in [-0.1, -0.05) is 46.3 Å². The topological polar surface area (TPSA) is 34.9 Å². The van der Waals surface area contributed by atoms with Crippen LogP contribution < -0.4 is 0 Å². The van der Waals surface area contributed by atoms with Crippen LogP contribution in [0.3, 0.4) is 0 Å². The molecule has 0 radical (unpaired) electrons. The molecule has 4 rings (SSSR count). The van der Waals surface area contributed by atoms with Crippen molar-refractivity contribution < 1.29 is 4.79 Å². The van der Waals surface area contributed by atoms with Gasteiger partial charge in [0.2, 0.25) is 0 Å². The van der Waals surface area contributed by atoms with Crippen LogP contribution in [0, 0.1) is 0 Å². The molecule has 2 heterocycles. The van der Waals surface area contributed by atoms with E-state index in [9.17, 15) is 4.79 Å². The third-order valence-corrected chi connectivity index (χ3v) is 5.42. The fraction of sp³-hybridized carbons (Fsp3) is 0.273. The molecule has 1 aromatic heterocycles. The molecule has 0 bridgehead atoms. The first kappa shape index (κ1) is 17.2. The number of carbonyl (C=O) groups is 1. The first-order valence-electron chi connectivity index (χ1n) is 9.09. The Kier molecular flexibility index (Phi) is 5.02. The fourth-order valence-corrected chi connectivity index (χ4v) is 3.75. The molecule has 0 unspecified atom stereocenters. The Morgan fingerprint density at radius 2 is 1.96 bits per heavy atom. The lowest BCUT2D eigenvalue weighted by molar-refractivity contribution is -0.118. The molecule has 0 spiro atoms. The molecule has 0 aliphatic carbocycles. The highest BCUT2D eigenvalue weighted by Gasteiger charge is 2.14. The SMILES string of the molecule is O=C(CCc1cccc(-c2cn3c(n2)CCC3)c1)Cc1ccc(Br)cc1. The van der Waals surface area contributed by atoms with Crippen molar-refractivity contribution in [3.63, 3.8) is 0 Å². The van der Waals surface area contributed by atoms with Crippen LogP contribution in [0.2, 0.25) is 0 Å². The second kappa shape index (κ2) is 7.58. The van der Waals surface area contributed by atoms with E-state index in [-0.39, 0.29) is 5.78 Å². The number of hydrogen-bond acceptors (Lipinski definition) is 2. The standard InChI is InChI=1S/C22H21BrN2O/c23-19-9-6-17(7-10-19)14-20(26)11-8-16-3-1-4-18(13-16)21-15-25-12-2-5-22(25)24-21/h1,3-4,6-7,9-10,13,15H,2,5,8,11-12,14H2. The highest BCUT2D eigenvalue weighted by atomic mass is 79.9. The molecule has 0 N–H and O–H groups in total. The van der Waals surface area contributed by atoms with Crippen LogP contribution in [-0.4, -0.2) is 15.3 Å². The molecule has 2 aromatic carbocycles. The van der Waals surface area contributed by atoms with Crippen molar-refractivity contribution in [2.24, 2.45) is 0 Å². The molecule has 0 atom stereocenters. The van der Waals surface area contributed by atoms with Gasteiger partial charge >= 0.3 is 0 Å². The van der Waals surface area contributed by atoms with Gasteiger partial charge in [0.25, 0.3) is 0 Å². The zero-order valence-electron chi connectivity index (χ0n) is 14.6. The number of hydrogen-bond donors (Lipinski definition) is 0. The molecule has 3 aromatic rings. The summed E-state index contributed by atoms with van der Waals surface area (Å²) in [6.07, 6.45) is 6.27. The van der Waals surface area contributed by atoms with E-state index in [4.69, 9.17) is 4.98 Å². The van der Waals surface area contributed by atoms with E-state index in [1.54, 1.807) is 0 Å². The number of nitrogens with zero attached hydrogens (tertiary/aromatic N) is 2. The number of ketones is 1. The molecule has 0 saturated carbocycles. The average Bonchev–Trinajstić information content (AvgIpc) is 3.24. The van der Waals surface area contributed by atoms with Crippen LogP contribution in [0.1, 0.15) is 29.8 Å². The Morgan fingerprint density at radius 1 is 1.12 bits per heavy atom. The maximum atomic E-state index is 12.3. The summed E-state index contributed by atoms with van der Waals surface area (Å²) in [6, 6.07) is 16.4. The normalized spacial score (nSPS) is 13.0. The maximum Gasteiger partial charge on any atom is 0.137 e. The Balaban J connectivity index is 1.39. The fourth-order valence-electron chi connectivity index (χ4n) is 3.48.